The summed E-state index contributed by atoms with van der Waals surface area (Å²) in [5.41, 5.74) is 2.90. The monoisotopic (exact) mass is 463 g/mol. The summed E-state index contributed by atoms with van der Waals surface area (Å²) in [6.45, 7) is 0.597. The van der Waals surface area contributed by atoms with Gasteiger partial charge in [-0.15, -0.1) is 5.10 Å². The number of nitrogens with one attached hydrogen (secondary N) is 3. The summed E-state index contributed by atoms with van der Waals surface area (Å²) in [5, 5.41) is 22.1. The number of carboxylic acids is 1. The van der Waals surface area contributed by atoms with Crippen molar-refractivity contribution in [3.63, 3.8) is 0 Å². The Morgan fingerprint density at radius 3 is 2.82 bits per heavy atom. The van der Waals surface area contributed by atoms with E-state index in [-0.39, 0.29) is 12.0 Å². The molecule has 2 atom stereocenters. The maximum atomic E-state index is 14.0. The van der Waals surface area contributed by atoms with Gasteiger partial charge < -0.3 is 20.7 Å². The van der Waals surface area contributed by atoms with E-state index in [2.05, 4.69) is 20.6 Å². The minimum absolute atomic E-state index is 0.187. The van der Waals surface area contributed by atoms with Crippen LogP contribution >= 0.6 is 0 Å². The zero-order chi connectivity index (χ0) is 23.4. The molecule has 34 heavy (non-hydrogen) atoms. The molecule has 0 aromatic carbocycles. The molecule has 0 spiro atoms. The number of aromatic nitrogens is 5. The van der Waals surface area contributed by atoms with Crippen molar-refractivity contribution in [2.45, 2.75) is 38.3 Å². The predicted octanol–water partition coefficient (Wildman–Crippen LogP) is 3.43. The Morgan fingerprint density at radius 2 is 2.06 bits per heavy atom. The van der Waals surface area contributed by atoms with Crippen LogP contribution in [0, 0.1) is 23.6 Å². The molecule has 0 aliphatic heterocycles. The molecule has 4 aromatic heterocycles. The fourth-order valence-corrected chi connectivity index (χ4v) is 5.92. The van der Waals surface area contributed by atoms with E-state index in [1.165, 1.54) is 12.3 Å². The van der Waals surface area contributed by atoms with Crippen molar-refractivity contribution in [1.29, 1.82) is 0 Å². The van der Waals surface area contributed by atoms with Gasteiger partial charge >= 0.3 is 5.97 Å². The molecule has 4 N–H and O–H groups in total. The van der Waals surface area contributed by atoms with Crippen molar-refractivity contribution in [3.05, 3.63) is 42.1 Å². The summed E-state index contributed by atoms with van der Waals surface area (Å²) in [5.74, 6) is -0.142. The third-order valence-corrected chi connectivity index (χ3v) is 7.49. The van der Waals surface area contributed by atoms with E-state index < -0.39 is 17.7 Å². The van der Waals surface area contributed by atoms with Crippen LogP contribution in [0.2, 0.25) is 0 Å². The number of anilines is 1. The predicted molar refractivity (Wildman–Crippen MR) is 125 cm³/mol. The molecule has 9 nitrogen and oxygen atoms in total. The highest BCUT2D eigenvalue weighted by molar-refractivity contribution is 5.92. The number of rotatable bonds is 6. The molecule has 4 aromatic rings. The first kappa shape index (κ1) is 21.0. The van der Waals surface area contributed by atoms with Gasteiger partial charge in [-0.2, -0.15) is 0 Å². The molecule has 10 heteroatoms. The Balaban J connectivity index is 1.49. The van der Waals surface area contributed by atoms with Crippen LogP contribution in [-0.4, -0.2) is 48.7 Å². The lowest BCUT2D eigenvalue weighted by Gasteiger charge is -2.47. The first-order valence-electron chi connectivity index (χ1n) is 11.7. The van der Waals surface area contributed by atoms with Crippen LogP contribution in [0.25, 0.3) is 27.9 Å². The third kappa shape index (κ3) is 3.32. The fourth-order valence-electron chi connectivity index (χ4n) is 5.92. The van der Waals surface area contributed by atoms with Gasteiger partial charge in [0, 0.05) is 29.7 Å². The summed E-state index contributed by atoms with van der Waals surface area (Å²) in [4.78, 5) is 24.2. The first-order valence-corrected chi connectivity index (χ1v) is 11.7. The van der Waals surface area contributed by atoms with Gasteiger partial charge in [-0.1, -0.05) is 0 Å². The molecule has 2 bridgehead atoms. The number of hydrogen-bond donors (Lipinski definition) is 4. The quantitative estimate of drug-likeness (QED) is 0.346. The van der Waals surface area contributed by atoms with Gasteiger partial charge in [0.05, 0.1) is 17.8 Å². The highest BCUT2D eigenvalue weighted by atomic mass is 19.1. The number of aromatic amines is 1. The van der Waals surface area contributed by atoms with E-state index in [0.29, 0.717) is 40.7 Å². The van der Waals surface area contributed by atoms with Crippen molar-refractivity contribution >= 4 is 28.3 Å². The van der Waals surface area contributed by atoms with Crippen LogP contribution in [0.15, 0.2) is 30.6 Å². The second kappa shape index (κ2) is 8.05. The van der Waals surface area contributed by atoms with Crippen LogP contribution in [0.4, 0.5) is 10.2 Å². The van der Waals surface area contributed by atoms with Crippen molar-refractivity contribution in [1.82, 2.24) is 29.9 Å². The summed E-state index contributed by atoms with van der Waals surface area (Å²) in [6.07, 6.45) is 6.89. The molecule has 3 aliphatic rings. The summed E-state index contributed by atoms with van der Waals surface area (Å²) < 4.78 is 15.8. The zero-order valence-electron chi connectivity index (χ0n) is 18.8. The van der Waals surface area contributed by atoms with E-state index in [4.69, 9.17) is 10.1 Å². The lowest BCUT2D eigenvalue weighted by atomic mass is 9.61. The van der Waals surface area contributed by atoms with E-state index in [1.807, 2.05) is 23.7 Å². The number of pyridine rings is 1. The second-order valence-electron chi connectivity index (χ2n) is 9.40. The number of aliphatic carboxylic acids is 1. The lowest BCUT2D eigenvalue weighted by molar-refractivity contribution is -0.148. The Hall–Kier alpha value is -3.53. The third-order valence-electron chi connectivity index (χ3n) is 7.49. The Bertz CT molecular complexity index is 1390. The molecular formula is C24H26FN7O2. The number of hydrogen-bond acceptors (Lipinski definition) is 6. The smallest absolute Gasteiger partial charge is 0.308 e. The van der Waals surface area contributed by atoms with E-state index in [9.17, 15) is 14.3 Å². The van der Waals surface area contributed by atoms with Crippen LogP contribution in [-0.2, 0) is 11.3 Å². The first-order chi connectivity index (χ1) is 16.5. The van der Waals surface area contributed by atoms with Crippen molar-refractivity contribution in [2.24, 2.45) is 17.8 Å². The Kier molecular flexibility index (Phi) is 4.98. The Morgan fingerprint density at radius 1 is 1.26 bits per heavy atom. The number of halogens is 1. The average Bonchev–Trinajstić information content (AvgIpc) is 3.44. The Labute approximate surface area is 194 Å². The number of carboxylic acid groups (broad SMARTS) is 1. The zero-order valence-corrected chi connectivity index (χ0v) is 18.8. The minimum Gasteiger partial charge on any atom is -0.481 e. The number of H-pyrrole nitrogens is 1. The average molecular weight is 464 g/mol. The van der Waals surface area contributed by atoms with Gasteiger partial charge in [0.15, 0.2) is 11.6 Å². The number of nitrogens with zero attached hydrogens (tertiary/aromatic N) is 4. The standard InChI is InChI=1S/C24H26FN7O2/c1-26-10-15-6-7-18-23(29-20-13-4-2-12(3-5-13)19(20)24(33)34)30-22(31-32(15)18)17-11-28-21-16(17)8-14(25)9-27-21/h6-9,11-13,19-20,26H,2-5,10H2,1H3,(H,27,28)(H,33,34)(H,29,30,31)/t12?,13?,19-,20-/m1/s1. The number of carbonyl (C=O) groups is 1. The van der Waals surface area contributed by atoms with Crippen LogP contribution in [0.1, 0.15) is 31.4 Å². The van der Waals surface area contributed by atoms with Crippen LogP contribution in [0.5, 0.6) is 0 Å². The number of fused-ring (bicyclic) bond motifs is 5. The molecule has 0 saturated heterocycles. The largest absolute Gasteiger partial charge is 0.481 e. The van der Waals surface area contributed by atoms with Crippen molar-refractivity contribution in [2.75, 3.05) is 12.4 Å². The lowest BCUT2D eigenvalue weighted by Crippen LogP contribution is -2.51. The summed E-state index contributed by atoms with van der Waals surface area (Å²) >= 11 is 0. The maximum Gasteiger partial charge on any atom is 0.308 e. The summed E-state index contributed by atoms with van der Waals surface area (Å²) in [7, 11) is 1.87. The minimum atomic E-state index is -0.748. The van der Waals surface area contributed by atoms with Crippen molar-refractivity contribution < 1.29 is 14.3 Å². The molecule has 3 fully saturated rings. The van der Waals surface area contributed by atoms with Gasteiger partial charge in [0.25, 0.3) is 0 Å². The molecule has 3 aliphatic carbocycles. The van der Waals surface area contributed by atoms with Gasteiger partial charge in [0.2, 0.25) is 0 Å². The molecular weight excluding hydrogens is 437 g/mol. The topological polar surface area (TPSA) is 120 Å². The molecule has 0 unspecified atom stereocenters. The van der Waals surface area contributed by atoms with Gasteiger partial charge in [-0.05, 0) is 62.8 Å². The van der Waals surface area contributed by atoms with E-state index in [1.54, 1.807) is 6.20 Å². The molecule has 0 amide bonds. The molecule has 0 radical (unpaired) electrons. The van der Waals surface area contributed by atoms with E-state index >= 15 is 0 Å². The van der Waals surface area contributed by atoms with Crippen molar-refractivity contribution in [3.8, 4) is 11.4 Å². The summed E-state index contributed by atoms with van der Waals surface area (Å²) in [6, 6.07) is 5.15. The maximum absolute atomic E-state index is 14.0. The highest BCUT2D eigenvalue weighted by Gasteiger charge is 2.47. The second-order valence-corrected chi connectivity index (χ2v) is 9.40. The van der Waals surface area contributed by atoms with Crippen LogP contribution < -0.4 is 10.6 Å². The SMILES string of the molecule is CNCc1ccc2c(N[C@@H]3C4CCC(CC4)[C@H]3C(=O)O)nc(-c3c[nH]c4ncc(F)cc34)nn12. The normalized spacial score (nSPS) is 24.2. The van der Waals surface area contributed by atoms with Crippen LogP contribution in [0.3, 0.4) is 0 Å². The fraction of sp³-hybridized carbons (Fsp3) is 0.417. The molecule has 4 heterocycles. The van der Waals surface area contributed by atoms with E-state index in [0.717, 1.165) is 36.9 Å². The molecule has 7 rings (SSSR count). The highest BCUT2D eigenvalue weighted by Crippen LogP contribution is 2.46. The van der Waals surface area contributed by atoms with Gasteiger partial charge in [-0.3, -0.25) is 4.79 Å². The van der Waals surface area contributed by atoms with Gasteiger partial charge in [0.1, 0.15) is 17.0 Å². The molecule has 176 valence electrons. The molecule has 3 saturated carbocycles. The van der Waals surface area contributed by atoms with Gasteiger partial charge in [-0.25, -0.2) is 18.9 Å².